The number of thiophene rings is 1. The molecule has 20 heavy (non-hydrogen) atoms. The summed E-state index contributed by atoms with van der Waals surface area (Å²) >= 11 is 1.34. The Morgan fingerprint density at radius 2 is 2.05 bits per heavy atom. The Morgan fingerprint density at radius 1 is 1.25 bits per heavy atom. The highest BCUT2D eigenvalue weighted by molar-refractivity contribution is 7.12. The highest BCUT2D eigenvalue weighted by Gasteiger charge is 2.08. The second-order valence-electron chi connectivity index (χ2n) is 4.46. The Labute approximate surface area is 120 Å². The second kappa shape index (κ2) is 6.43. The highest BCUT2D eigenvalue weighted by Crippen LogP contribution is 2.15. The molecule has 2 rings (SSSR count). The molecular weight excluding hydrogens is 277 g/mol. The van der Waals surface area contributed by atoms with Crippen molar-refractivity contribution >= 4 is 23.0 Å². The molecule has 0 saturated heterocycles. The van der Waals surface area contributed by atoms with Crippen molar-refractivity contribution in [2.75, 3.05) is 0 Å². The molecule has 0 spiro atoms. The smallest absolute Gasteiger partial charge is 0.224 e. The number of hydrogen-bond donors (Lipinski definition) is 1. The maximum atomic E-state index is 13.0. The first kappa shape index (κ1) is 14.4. The Bertz CT molecular complexity index is 636. The van der Waals surface area contributed by atoms with Gasteiger partial charge in [0.25, 0.3) is 0 Å². The predicted octanol–water partition coefficient (Wildman–Crippen LogP) is 2.95. The first-order chi connectivity index (χ1) is 9.54. The van der Waals surface area contributed by atoms with Gasteiger partial charge in [-0.15, -0.1) is 11.3 Å². The van der Waals surface area contributed by atoms with Crippen molar-refractivity contribution in [1.29, 1.82) is 0 Å². The van der Waals surface area contributed by atoms with Gasteiger partial charge in [-0.2, -0.15) is 0 Å². The Kier molecular flexibility index (Phi) is 4.63. The van der Waals surface area contributed by atoms with E-state index < -0.39 is 0 Å². The fourth-order valence-electron chi connectivity index (χ4n) is 1.75. The number of nitrogens with one attached hydrogen (secondary N) is 1. The lowest BCUT2D eigenvalue weighted by molar-refractivity contribution is -0.120. The van der Waals surface area contributed by atoms with Crippen LogP contribution in [0, 0.1) is 5.82 Å². The van der Waals surface area contributed by atoms with Gasteiger partial charge >= 0.3 is 0 Å². The summed E-state index contributed by atoms with van der Waals surface area (Å²) in [6.45, 7) is 1.79. The third kappa shape index (κ3) is 3.99. The van der Waals surface area contributed by atoms with Crippen LogP contribution in [0.3, 0.4) is 0 Å². The molecule has 3 nitrogen and oxygen atoms in total. The topological polar surface area (TPSA) is 46.2 Å². The number of Topliss-reactive ketones (excluding diaryl/α,β-unsaturated/α-hetero) is 1. The number of rotatable bonds is 5. The Morgan fingerprint density at radius 3 is 2.70 bits per heavy atom. The van der Waals surface area contributed by atoms with E-state index in [1.54, 1.807) is 23.6 Å². The molecule has 1 heterocycles. The molecule has 0 radical (unpaired) electrons. The summed E-state index contributed by atoms with van der Waals surface area (Å²) in [5.41, 5.74) is 1.53. The molecule has 0 atom stereocenters. The zero-order valence-corrected chi connectivity index (χ0v) is 11.8. The first-order valence-electron chi connectivity index (χ1n) is 6.14. The molecule has 1 aromatic carbocycles. The molecule has 2 aromatic rings. The summed E-state index contributed by atoms with van der Waals surface area (Å²) in [6.07, 6.45) is 0.221. The monoisotopic (exact) mass is 291 g/mol. The normalized spacial score (nSPS) is 10.3. The standard InChI is InChI=1S/C15H14FNO2S/c1-10(18)14-6-12(9-20-14)7-15(19)17-8-11-3-2-4-13(16)5-11/h2-6,9H,7-8H2,1H3,(H,17,19). The maximum Gasteiger partial charge on any atom is 0.224 e. The van der Waals surface area contributed by atoms with Crippen LogP contribution in [0.2, 0.25) is 0 Å². The summed E-state index contributed by atoms with van der Waals surface area (Å²) in [5, 5.41) is 4.53. The van der Waals surface area contributed by atoms with E-state index in [1.165, 1.54) is 30.4 Å². The van der Waals surface area contributed by atoms with Crippen LogP contribution in [0.15, 0.2) is 35.7 Å². The summed E-state index contributed by atoms with van der Waals surface area (Å²) in [4.78, 5) is 23.6. The van der Waals surface area contributed by atoms with E-state index in [0.717, 1.165) is 5.56 Å². The molecular formula is C15H14FNO2S. The SMILES string of the molecule is CC(=O)c1cc(CC(=O)NCc2cccc(F)c2)cs1. The minimum Gasteiger partial charge on any atom is -0.352 e. The molecule has 1 aromatic heterocycles. The summed E-state index contributed by atoms with van der Waals surface area (Å²) in [5.74, 6) is -0.468. The van der Waals surface area contributed by atoms with Crippen molar-refractivity contribution in [2.24, 2.45) is 0 Å². The van der Waals surface area contributed by atoms with Crippen LogP contribution in [0.1, 0.15) is 27.7 Å². The number of carbonyl (C=O) groups is 2. The van der Waals surface area contributed by atoms with Crippen molar-refractivity contribution in [1.82, 2.24) is 5.32 Å². The molecule has 0 aliphatic carbocycles. The third-order valence-electron chi connectivity index (χ3n) is 2.74. The molecule has 0 unspecified atom stereocenters. The molecule has 0 fully saturated rings. The van der Waals surface area contributed by atoms with Crippen molar-refractivity contribution in [3.8, 4) is 0 Å². The van der Waals surface area contributed by atoms with Crippen LogP contribution in [0.25, 0.3) is 0 Å². The summed E-state index contributed by atoms with van der Waals surface area (Å²) in [7, 11) is 0. The minimum atomic E-state index is -0.319. The van der Waals surface area contributed by atoms with E-state index >= 15 is 0 Å². The minimum absolute atomic E-state index is 0.00131. The molecule has 104 valence electrons. The molecule has 0 saturated carbocycles. The lowest BCUT2D eigenvalue weighted by atomic mass is 10.2. The van der Waals surface area contributed by atoms with Gasteiger partial charge < -0.3 is 5.32 Å². The van der Waals surface area contributed by atoms with Gasteiger partial charge in [-0.3, -0.25) is 9.59 Å². The number of carbonyl (C=O) groups excluding carboxylic acids is 2. The molecule has 5 heteroatoms. The summed E-state index contributed by atoms with van der Waals surface area (Å²) in [6, 6.07) is 7.84. The fourth-order valence-corrected chi connectivity index (χ4v) is 2.56. The average Bonchev–Trinajstić information content (AvgIpc) is 2.85. The zero-order chi connectivity index (χ0) is 14.5. The van der Waals surface area contributed by atoms with Gasteiger partial charge in [0.05, 0.1) is 11.3 Å². The van der Waals surface area contributed by atoms with Gasteiger partial charge in [0.1, 0.15) is 5.82 Å². The van der Waals surface area contributed by atoms with Crippen LogP contribution >= 0.6 is 11.3 Å². The van der Waals surface area contributed by atoms with Crippen LogP contribution in [-0.4, -0.2) is 11.7 Å². The van der Waals surface area contributed by atoms with Crippen LogP contribution in [0.4, 0.5) is 4.39 Å². The second-order valence-corrected chi connectivity index (χ2v) is 5.37. The van der Waals surface area contributed by atoms with Crippen LogP contribution in [0.5, 0.6) is 0 Å². The van der Waals surface area contributed by atoms with E-state index in [9.17, 15) is 14.0 Å². The van der Waals surface area contributed by atoms with Gasteiger partial charge in [0, 0.05) is 6.54 Å². The number of halogens is 1. The van der Waals surface area contributed by atoms with Gasteiger partial charge in [0.2, 0.25) is 5.91 Å². The van der Waals surface area contributed by atoms with E-state index in [0.29, 0.717) is 17.0 Å². The Hall–Kier alpha value is -2.01. The lowest BCUT2D eigenvalue weighted by Crippen LogP contribution is -2.24. The van der Waals surface area contributed by atoms with E-state index in [4.69, 9.17) is 0 Å². The molecule has 0 aliphatic heterocycles. The fraction of sp³-hybridized carbons (Fsp3) is 0.200. The van der Waals surface area contributed by atoms with E-state index in [1.807, 2.05) is 0 Å². The predicted molar refractivity (Wildman–Crippen MR) is 76.3 cm³/mol. The van der Waals surface area contributed by atoms with Crippen molar-refractivity contribution in [2.45, 2.75) is 19.9 Å². The summed E-state index contributed by atoms with van der Waals surface area (Å²) < 4.78 is 13.0. The van der Waals surface area contributed by atoms with Gasteiger partial charge in [0.15, 0.2) is 5.78 Å². The molecule has 0 bridgehead atoms. The average molecular weight is 291 g/mol. The largest absolute Gasteiger partial charge is 0.352 e. The zero-order valence-electron chi connectivity index (χ0n) is 11.0. The van der Waals surface area contributed by atoms with Crippen molar-refractivity contribution in [3.63, 3.8) is 0 Å². The third-order valence-corrected chi connectivity index (χ3v) is 3.82. The van der Waals surface area contributed by atoms with Crippen LogP contribution < -0.4 is 5.32 Å². The van der Waals surface area contributed by atoms with Crippen molar-refractivity contribution < 1.29 is 14.0 Å². The van der Waals surface area contributed by atoms with Crippen molar-refractivity contribution in [3.05, 3.63) is 57.5 Å². The number of benzene rings is 1. The highest BCUT2D eigenvalue weighted by atomic mass is 32.1. The van der Waals surface area contributed by atoms with Gasteiger partial charge in [-0.25, -0.2) is 4.39 Å². The van der Waals surface area contributed by atoms with E-state index in [-0.39, 0.29) is 23.9 Å². The molecule has 1 amide bonds. The maximum absolute atomic E-state index is 13.0. The van der Waals surface area contributed by atoms with Crippen LogP contribution in [-0.2, 0) is 17.8 Å². The first-order valence-corrected chi connectivity index (χ1v) is 7.02. The van der Waals surface area contributed by atoms with E-state index in [2.05, 4.69) is 5.32 Å². The number of hydrogen-bond acceptors (Lipinski definition) is 3. The quantitative estimate of drug-likeness (QED) is 0.861. The number of ketones is 1. The molecule has 0 aliphatic rings. The molecule has 1 N–H and O–H groups in total. The number of amides is 1. The van der Waals surface area contributed by atoms with Gasteiger partial charge in [-0.05, 0) is 41.6 Å². The van der Waals surface area contributed by atoms with Gasteiger partial charge in [-0.1, -0.05) is 12.1 Å². The lowest BCUT2D eigenvalue weighted by Gasteiger charge is -2.04. The Balaban J connectivity index is 1.87.